The van der Waals surface area contributed by atoms with E-state index < -0.39 is 0 Å². The van der Waals surface area contributed by atoms with E-state index in [9.17, 15) is 4.79 Å². The van der Waals surface area contributed by atoms with E-state index in [1.807, 2.05) is 18.4 Å². The van der Waals surface area contributed by atoms with E-state index in [-0.39, 0.29) is 11.1 Å². The zero-order chi connectivity index (χ0) is 13.1. The van der Waals surface area contributed by atoms with E-state index in [1.165, 1.54) is 11.3 Å². The van der Waals surface area contributed by atoms with Gasteiger partial charge in [0.05, 0.1) is 10.6 Å². The predicted octanol–water partition coefficient (Wildman–Crippen LogP) is 4.37. The molecule has 0 aliphatic heterocycles. The number of carbonyl (C=O) groups is 1. The van der Waals surface area contributed by atoms with Crippen molar-refractivity contribution in [2.75, 3.05) is 5.32 Å². The SMILES string of the molecule is CCc1ccsc1C(=O)Nc1cc(Br)cnc1Cl. The van der Waals surface area contributed by atoms with Crippen molar-refractivity contribution in [3.05, 3.63) is 43.8 Å². The molecular formula is C12H10BrClN2OS. The van der Waals surface area contributed by atoms with Crippen LogP contribution in [0.15, 0.2) is 28.2 Å². The van der Waals surface area contributed by atoms with Crippen LogP contribution in [-0.2, 0) is 6.42 Å². The number of aryl methyl sites for hydroxylation is 1. The monoisotopic (exact) mass is 344 g/mol. The first-order valence-electron chi connectivity index (χ1n) is 5.30. The third-order valence-corrected chi connectivity index (χ3v) is 4.08. The molecule has 3 nitrogen and oxygen atoms in total. The molecule has 0 saturated heterocycles. The van der Waals surface area contributed by atoms with Crippen molar-refractivity contribution >= 4 is 50.5 Å². The van der Waals surface area contributed by atoms with Gasteiger partial charge in [0.25, 0.3) is 5.91 Å². The van der Waals surface area contributed by atoms with E-state index in [0.29, 0.717) is 10.6 Å². The Kier molecular flexibility index (Phi) is 4.37. The molecule has 2 rings (SSSR count). The van der Waals surface area contributed by atoms with Gasteiger partial charge in [-0.25, -0.2) is 4.98 Å². The van der Waals surface area contributed by atoms with Gasteiger partial charge in [-0.05, 0) is 45.4 Å². The maximum absolute atomic E-state index is 12.1. The van der Waals surface area contributed by atoms with Crippen LogP contribution in [0.2, 0.25) is 5.15 Å². The van der Waals surface area contributed by atoms with Crippen molar-refractivity contribution in [2.45, 2.75) is 13.3 Å². The summed E-state index contributed by atoms with van der Waals surface area (Å²) in [5.74, 6) is -0.149. The fraction of sp³-hybridized carbons (Fsp3) is 0.167. The van der Waals surface area contributed by atoms with Gasteiger partial charge in [0, 0.05) is 10.7 Å². The van der Waals surface area contributed by atoms with Crippen molar-refractivity contribution < 1.29 is 4.79 Å². The van der Waals surface area contributed by atoms with E-state index >= 15 is 0 Å². The highest BCUT2D eigenvalue weighted by Gasteiger charge is 2.14. The van der Waals surface area contributed by atoms with Gasteiger partial charge >= 0.3 is 0 Å². The van der Waals surface area contributed by atoms with E-state index in [2.05, 4.69) is 26.2 Å². The Labute approximate surface area is 122 Å². The minimum absolute atomic E-state index is 0.149. The number of aromatic nitrogens is 1. The third kappa shape index (κ3) is 2.91. The zero-order valence-corrected chi connectivity index (χ0v) is 12.7. The van der Waals surface area contributed by atoms with Crippen LogP contribution in [0.4, 0.5) is 5.69 Å². The first kappa shape index (κ1) is 13.5. The Bertz CT molecular complexity index is 585. The quantitative estimate of drug-likeness (QED) is 0.839. The summed E-state index contributed by atoms with van der Waals surface area (Å²) in [7, 11) is 0. The van der Waals surface area contributed by atoms with Gasteiger partial charge < -0.3 is 5.32 Å². The number of hydrogen-bond acceptors (Lipinski definition) is 3. The largest absolute Gasteiger partial charge is 0.319 e. The van der Waals surface area contributed by atoms with Gasteiger partial charge in [0.2, 0.25) is 0 Å². The molecule has 0 aliphatic carbocycles. The number of nitrogens with one attached hydrogen (secondary N) is 1. The van der Waals surface area contributed by atoms with E-state index in [4.69, 9.17) is 11.6 Å². The highest BCUT2D eigenvalue weighted by molar-refractivity contribution is 9.10. The van der Waals surface area contributed by atoms with Gasteiger partial charge in [-0.2, -0.15) is 0 Å². The maximum atomic E-state index is 12.1. The molecule has 0 aliphatic rings. The molecule has 0 atom stereocenters. The Morgan fingerprint density at radius 3 is 3.11 bits per heavy atom. The number of hydrogen-bond donors (Lipinski definition) is 1. The summed E-state index contributed by atoms with van der Waals surface area (Å²) >= 11 is 10.6. The van der Waals surface area contributed by atoms with Crippen LogP contribution in [0.25, 0.3) is 0 Å². The average Bonchev–Trinajstić information content (AvgIpc) is 2.82. The van der Waals surface area contributed by atoms with Crippen LogP contribution in [-0.4, -0.2) is 10.9 Å². The summed E-state index contributed by atoms with van der Waals surface area (Å²) in [6.45, 7) is 2.02. The van der Waals surface area contributed by atoms with Crippen molar-refractivity contribution in [1.29, 1.82) is 0 Å². The molecule has 2 aromatic heterocycles. The van der Waals surface area contributed by atoms with Crippen molar-refractivity contribution in [1.82, 2.24) is 4.98 Å². The fourth-order valence-electron chi connectivity index (χ4n) is 1.50. The molecule has 0 unspecified atom stereocenters. The molecule has 2 aromatic rings. The normalized spacial score (nSPS) is 10.4. The predicted molar refractivity (Wildman–Crippen MR) is 78.6 cm³/mol. The number of pyridine rings is 1. The summed E-state index contributed by atoms with van der Waals surface area (Å²) in [5.41, 5.74) is 1.54. The first-order valence-corrected chi connectivity index (χ1v) is 7.35. The second-order valence-electron chi connectivity index (χ2n) is 3.57. The number of carbonyl (C=O) groups excluding carboxylic acids is 1. The molecule has 0 aromatic carbocycles. The maximum Gasteiger partial charge on any atom is 0.266 e. The Morgan fingerprint density at radius 1 is 1.61 bits per heavy atom. The molecule has 0 spiro atoms. The van der Waals surface area contributed by atoms with Crippen LogP contribution in [0.3, 0.4) is 0 Å². The van der Waals surface area contributed by atoms with Gasteiger partial charge in [-0.3, -0.25) is 4.79 Å². The smallest absolute Gasteiger partial charge is 0.266 e. The van der Waals surface area contributed by atoms with Crippen LogP contribution in [0.5, 0.6) is 0 Å². The molecule has 1 amide bonds. The minimum Gasteiger partial charge on any atom is -0.319 e. The zero-order valence-electron chi connectivity index (χ0n) is 9.54. The Balaban J connectivity index is 2.24. The van der Waals surface area contributed by atoms with E-state index in [0.717, 1.165) is 16.5 Å². The third-order valence-electron chi connectivity index (χ3n) is 2.39. The fourth-order valence-corrected chi connectivity index (χ4v) is 2.87. The molecule has 94 valence electrons. The minimum atomic E-state index is -0.149. The molecule has 0 radical (unpaired) electrons. The lowest BCUT2D eigenvalue weighted by molar-refractivity contribution is 0.103. The van der Waals surface area contributed by atoms with Gasteiger partial charge in [-0.1, -0.05) is 18.5 Å². The molecule has 6 heteroatoms. The highest BCUT2D eigenvalue weighted by Crippen LogP contribution is 2.25. The Hall–Kier alpha value is -0.910. The number of rotatable bonds is 3. The van der Waals surface area contributed by atoms with Crippen LogP contribution < -0.4 is 5.32 Å². The van der Waals surface area contributed by atoms with Crippen molar-refractivity contribution in [2.24, 2.45) is 0 Å². The lowest BCUT2D eigenvalue weighted by atomic mass is 10.2. The Morgan fingerprint density at radius 2 is 2.39 bits per heavy atom. The highest BCUT2D eigenvalue weighted by atomic mass is 79.9. The second-order valence-corrected chi connectivity index (χ2v) is 5.76. The first-order chi connectivity index (χ1) is 8.61. The standard InChI is InChI=1S/C12H10BrClN2OS/c1-2-7-3-4-18-10(7)12(17)16-9-5-8(13)6-15-11(9)14/h3-6H,2H2,1H3,(H,16,17). The summed E-state index contributed by atoms with van der Waals surface area (Å²) in [4.78, 5) is 16.8. The number of thiophene rings is 1. The average molecular weight is 346 g/mol. The molecular weight excluding hydrogens is 336 g/mol. The second kappa shape index (κ2) is 5.82. The molecule has 0 saturated carbocycles. The summed E-state index contributed by atoms with van der Waals surface area (Å²) in [6.07, 6.45) is 2.41. The lowest BCUT2D eigenvalue weighted by Crippen LogP contribution is -2.12. The molecule has 0 fully saturated rings. The summed E-state index contributed by atoms with van der Waals surface area (Å²) in [6, 6.07) is 3.69. The molecule has 1 N–H and O–H groups in total. The van der Waals surface area contributed by atoms with Gasteiger partial charge in [0.1, 0.15) is 0 Å². The number of anilines is 1. The van der Waals surface area contributed by atoms with Gasteiger partial charge in [0.15, 0.2) is 5.15 Å². The molecule has 2 heterocycles. The molecule has 18 heavy (non-hydrogen) atoms. The van der Waals surface area contributed by atoms with Crippen LogP contribution >= 0.6 is 38.9 Å². The lowest BCUT2D eigenvalue weighted by Gasteiger charge is -2.07. The van der Waals surface area contributed by atoms with Crippen molar-refractivity contribution in [3.63, 3.8) is 0 Å². The number of nitrogens with zero attached hydrogens (tertiary/aromatic N) is 1. The topological polar surface area (TPSA) is 42.0 Å². The van der Waals surface area contributed by atoms with Crippen LogP contribution in [0, 0.1) is 0 Å². The number of amides is 1. The van der Waals surface area contributed by atoms with Gasteiger partial charge in [-0.15, -0.1) is 11.3 Å². The summed E-state index contributed by atoms with van der Waals surface area (Å²) < 4.78 is 0.768. The molecule has 0 bridgehead atoms. The van der Waals surface area contributed by atoms with Crippen molar-refractivity contribution in [3.8, 4) is 0 Å². The summed E-state index contributed by atoms with van der Waals surface area (Å²) in [5, 5.41) is 4.97. The number of halogens is 2. The van der Waals surface area contributed by atoms with E-state index in [1.54, 1.807) is 12.3 Å². The van der Waals surface area contributed by atoms with Crippen LogP contribution in [0.1, 0.15) is 22.2 Å².